The van der Waals surface area contributed by atoms with Gasteiger partial charge in [0, 0.05) is 6.61 Å². The Labute approximate surface area is 80.7 Å². The van der Waals surface area contributed by atoms with Gasteiger partial charge in [-0.25, -0.2) is 0 Å². The molecule has 0 bridgehead atoms. The summed E-state index contributed by atoms with van der Waals surface area (Å²) in [5.41, 5.74) is 0. The van der Waals surface area contributed by atoms with E-state index in [4.69, 9.17) is 4.74 Å². The van der Waals surface area contributed by atoms with E-state index in [0.717, 1.165) is 19.4 Å². The summed E-state index contributed by atoms with van der Waals surface area (Å²) in [6.07, 6.45) is 5.18. The molecule has 0 radical (unpaired) electrons. The van der Waals surface area contributed by atoms with Crippen molar-refractivity contribution in [3.8, 4) is 0 Å². The van der Waals surface area contributed by atoms with Gasteiger partial charge in [-0.1, -0.05) is 0 Å². The van der Waals surface area contributed by atoms with Crippen LogP contribution in [0.4, 0.5) is 5.82 Å². The topological polar surface area (TPSA) is 70.2 Å². The van der Waals surface area contributed by atoms with Gasteiger partial charge in [-0.3, -0.25) is 0 Å². The van der Waals surface area contributed by atoms with Crippen molar-refractivity contribution in [2.75, 3.05) is 6.61 Å². The van der Waals surface area contributed by atoms with Crippen LogP contribution in [0.1, 0.15) is 12.8 Å². The zero-order chi connectivity index (χ0) is 9.97. The van der Waals surface area contributed by atoms with E-state index in [2.05, 4.69) is 4.98 Å². The number of nitro groups is 1. The largest absolute Gasteiger partial charge is 0.381 e. The number of ether oxygens (including phenoxy) is 1. The summed E-state index contributed by atoms with van der Waals surface area (Å²) in [7, 11) is 0. The first kappa shape index (κ1) is 9.14. The first-order valence-corrected chi connectivity index (χ1v) is 4.53. The maximum Gasteiger partial charge on any atom is 0.381 e. The first-order valence-electron chi connectivity index (χ1n) is 4.53. The molecule has 6 nitrogen and oxygen atoms in total. The maximum absolute atomic E-state index is 10.3. The lowest BCUT2D eigenvalue weighted by atomic mass is 10.2. The van der Waals surface area contributed by atoms with Gasteiger partial charge in [-0.2, -0.15) is 0 Å². The fourth-order valence-electron chi connectivity index (χ4n) is 1.57. The predicted molar refractivity (Wildman–Crippen MR) is 47.9 cm³/mol. The second kappa shape index (κ2) is 3.75. The second-order valence-electron chi connectivity index (χ2n) is 3.32. The number of imidazole rings is 1. The van der Waals surface area contributed by atoms with Crippen molar-refractivity contribution >= 4 is 5.82 Å². The minimum absolute atomic E-state index is 0.108. The fraction of sp³-hybridized carbons (Fsp3) is 0.625. The van der Waals surface area contributed by atoms with Crippen molar-refractivity contribution in [2.24, 2.45) is 0 Å². The van der Waals surface area contributed by atoms with Gasteiger partial charge in [0.2, 0.25) is 6.33 Å². The summed E-state index contributed by atoms with van der Waals surface area (Å²) in [6.45, 7) is 1.45. The summed E-state index contributed by atoms with van der Waals surface area (Å²) in [5, 5.41) is 10.3. The molecule has 76 valence electrons. The summed E-state index contributed by atoms with van der Waals surface area (Å²) >= 11 is 0. The Kier molecular flexibility index (Phi) is 2.45. The molecule has 1 aliphatic heterocycles. The van der Waals surface area contributed by atoms with Crippen molar-refractivity contribution in [3.63, 3.8) is 0 Å². The summed E-state index contributed by atoms with van der Waals surface area (Å²) < 4.78 is 7.11. The van der Waals surface area contributed by atoms with Gasteiger partial charge in [-0.05, 0) is 22.7 Å². The lowest BCUT2D eigenvalue weighted by Crippen LogP contribution is -2.13. The van der Waals surface area contributed by atoms with Crippen LogP contribution in [-0.2, 0) is 11.3 Å². The second-order valence-corrected chi connectivity index (χ2v) is 3.32. The van der Waals surface area contributed by atoms with E-state index >= 15 is 0 Å². The van der Waals surface area contributed by atoms with Gasteiger partial charge in [0.1, 0.15) is 6.20 Å². The van der Waals surface area contributed by atoms with Crippen LogP contribution >= 0.6 is 0 Å². The van der Waals surface area contributed by atoms with Gasteiger partial charge in [-0.15, -0.1) is 0 Å². The minimum Gasteiger partial charge on any atom is -0.376 e. The zero-order valence-electron chi connectivity index (χ0n) is 7.63. The monoisotopic (exact) mass is 197 g/mol. The highest BCUT2D eigenvalue weighted by atomic mass is 16.6. The molecule has 1 fully saturated rings. The highest BCUT2D eigenvalue weighted by Gasteiger charge is 2.18. The van der Waals surface area contributed by atoms with Crippen LogP contribution in [0.2, 0.25) is 0 Å². The Bertz CT molecular complexity index is 330. The lowest BCUT2D eigenvalue weighted by molar-refractivity contribution is -0.389. The van der Waals surface area contributed by atoms with E-state index in [1.165, 1.54) is 12.5 Å². The van der Waals surface area contributed by atoms with Gasteiger partial charge in [0.05, 0.1) is 12.6 Å². The molecule has 0 spiro atoms. The molecule has 1 atom stereocenters. The molecule has 1 aromatic rings. The van der Waals surface area contributed by atoms with Crippen LogP contribution in [0, 0.1) is 10.1 Å². The molecule has 0 amide bonds. The van der Waals surface area contributed by atoms with Crippen molar-refractivity contribution in [2.45, 2.75) is 25.5 Å². The molecule has 0 N–H and O–H groups in total. The lowest BCUT2D eigenvalue weighted by Gasteiger charge is -2.07. The number of hydrogen-bond acceptors (Lipinski definition) is 4. The Morgan fingerprint density at radius 1 is 1.79 bits per heavy atom. The van der Waals surface area contributed by atoms with Crippen LogP contribution in [0.5, 0.6) is 0 Å². The highest BCUT2D eigenvalue weighted by molar-refractivity contribution is 5.12. The van der Waals surface area contributed by atoms with E-state index in [9.17, 15) is 10.1 Å². The smallest absolute Gasteiger partial charge is 0.376 e. The number of aromatic nitrogens is 2. The van der Waals surface area contributed by atoms with Crippen LogP contribution in [0.3, 0.4) is 0 Å². The Morgan fingerprint density at radius 2 is 2.64 bits per heavy atom. The molecule has 1 saturated heterocycles. The average Bonchev–Trinajstić information content (AvgIpc) is 2.75. The van der Waals surface area contributed by atoms with Crippen molar-refractivity contribution in [3.05, 3.63) is 22.6 Å². The van der Waals surface area contributed by atoms with Crippen molar-refractivity contribution < 1.29 is 9.66 Å². The quantitative estimate of drug-likeness (QED) is 0.534. The molecule has 14 heavy (non-hydrogen) atoms. The molecule has 1 aliphatic rings. The molecular weight excluding hydrogens is 186 g/mol. The fourth-order valence-corrected chi connectivity index (χ4v) is 1.57. The van der Waals surface area contributed by atoms with Gasteiger partial charge in [0.25, 0.3) is 0 Å². The molecule has 0 aromatic carbocycles. The molecule has 6 heteroatoms. The van der Waals surface area contributed by atoms with Crippen molar-refractivity contribution in [1.29, 1.82) is 0 Å². The highest BCUT2D eigenvalue weighted by Crippen LogP contribution is 2.15. The molecule has 0 saturated carbocycles. The van der Waals surface area contributed by atoms with Crippen molar-refractivity contribution in [1.82, 2.24) is 9.55 Å². The zero-order valence-corrected chi connectivity index (χ0v) is 7.63. The van der Waals surface area contributed by atoms with Crippen LogP contribution in [0.15, 0.2) is 12.5 Å². The van der Waals surface area contributed by atoms with E-state index in [-0.39, 0.29) is 11.9 Å². The first-order chi connectivity index (χ1) is 6.75. The van der Waals surface area contributed by atoms with E-state index in [0.29, 0.717) is 6.54 Å². The third-order valence-corrected chi connectivity index (χ3v) is 2.25. The number of rotatable bonds is 3. The van der Waals surface area contributed by atoms with Crippen LogP contribution < -0.4 is 0 Å². The molecule has 0 unspecified atom stereocenters. The normalized spacial score (nSPS) is 21.3. The van der Waals surface area contributed by atoms with Crippen LogP contribution in [0.25, 0.3) is 0 Å². The Hall–Kier alpha value is -1.43. The Balaban J connectivity index is 1.98. The van der Waals surface area contributed by atoms with E-state index in [1.54, 1.807) is 4.57 Å². The maximum atomic E-state index is 10.3. The summed E-state index contributed by atoms with van der Waals surface area (Å²) in [4.78, 5) is 13.5. The standard InChI is InChI=1S/C8H11N3O3/c12-11(13)8-5-10(6-9-8)4-7-2-1-3-14-7/h5-7H,1-4H2/t7-/m0/s1. The minimum atomic E-state index is -0.494. The number of hydrogen-bond donors (Lipinski definition) is 0. The molecule has 2 rings (SSSR count). The summed E-state index contributed by atoms with van der Waals surface area (Å²) in [6, 6.07) is 0. The average molecular weight is 197 g/mol. The number of nitrogens with zero attached hydrogens (tertiary/aromatic N) is 3. The molecule has 2 heterocycles. The SMILES string of the molecule is O=[N+]([O-])c1cn(C[C@@H]2CCCO2)cn1. The third-order valence-electron chi connectivity index (χ3n) is 2.25. The molecule has 1 aromatic heterocycles. The Morgan fingerprint density at radius 3 is 3.21 bits per heavy atom. The predicted octanol–water partition coefficient (Wildman–Crippen LogP) is 0.970. The van der Waals surface area contributed by atoms with E-state index in [1.807, 2.05) is 0 Å². The molecule has 0 aliphatic carbocycles. The van der Waals surface area contributed by atoms with Gasteiger partial charge < -0.3 is 19.4 Å². The molecular formula is C8H11N3O3. The van der Waals surface area contributed by atoms with Gasteiger partial charge in [0.15, 0.2) is 0 Å². The third kappa shape index (κ3) is 1.90. The van der Waals surface area contributed by atoms with Crippen LogP contribution in [-0.4, -0.2) is 27.2 Å². The van der Waals surface area contributed by atoms with Gasteiger partial charge >= 0.3 is 5.82 Å². The summed E-state index contributed by atoms with van der Waals surface area (Å²) in [5.74, 6) is -0.108. The van der Waals surface area contributed by atoms with E-state index < -0.39 is 4.92 Å².